The molecule has 0 unspecified atom stereocenters. The molecule has 2 rings (SSSR count). The van der Waals surface area contributed by atoms with Crippen molar-refractivity contribution in [3.8, 4) is 0 Å². The first kappa shape index (κ1) is 15.3. The minimum absolute atomic E-state index is 0.0592. The van der Waals surface area contributed by atoms with Gasteiger partial charge in [0.25, 0.3) is 0 Å². The number of hydrogen-bond acceptors (Lipinski definition) is 3. The lowest BCUT2D eigenvalue weighted by Gasteiger charge is -2.28. The second-order valence-electron chi connectivity index (χ2n) is 5.41. The van der Waals surface area contributed by atoms with E-state index in [2.05, 4.69) is 10.6 Å². The number of carbonyl (C=O) groups is 1. The van der Waals surface area contributed by atoms with E-state index in [1.54, 1.807) is 12.1 Å². The number of amides is 1. The molecule has 0 aliphatic heterocycles. The van der Waals surface area contributed by atoms with E-state index >= 15 is 0 Å². The quantitative estimate of drug-likeness (QED) is 0.640. The van der Waals surface area contributed by atoms with Gasteiger partial charge in [-0.05, 0) is 37.0 Å². The molecule has 1 aliphatic rings. The van der Waals surface area contributed by atoms with Crippen molar-refractivity contribution >= 4 is 23.2 Å². The van der Waals surface area contributed by atoms with Gasteiger partial charge in [-0.2, -0.15) is 0 Å². The Kier molecular flexibility index (Phi) is 4.50. The number of nitrogens with two attached hydrogens (primary N) is 1. The first-order valence-corrected chi connectivity index (χ1v) is 6.87. The Bertz CT molecular complexity index is 513. The Labute approximate surface area is 121 Å². The molecule has 0 bridgehead atoms. The Hall–Kier alpha value is -2.05. The van der Waals surface area contributed by atoms with Crippen LogP contribution >= 0.6 is 0 Å². The third-order valence-corrected chi connectivity index (χ3v) is 3.72. The van der Waals surface area contributed by atoms with Gasteiger partial charge in [0.15, 0.2) is 0 Å². The number of rotatable bonds is 4. The number of nitrogens with one attached hydrogen (secondary N) is 2. The van der Waals surface area contributed by atoms with E-state index in [0.717, 1.165) is 0 Å². The predicted molar refractivity (Wildman–Crippen MR) is 77.9 cm³/mol. The van der Waals surface area contributed by atoms with Crippen LogP contribution in [0.5, 0.6) is 0 Å². The van der Waals surface area contributed by atoms with Crippen LogP contribution in [0.1, 0.15) is 25.7 Å². The average molecular weight is 299 g/mol. The number of alkyl halides is 2. The number of hydrogen-bond donors (Lipinski definition) is 4. The van der Waals surface area contributed by atoms with E-state index in [-0.39, 0.29) is 18.8 Å². The first-order valence-electron chi connectivity index (χ1n) is 6.87. The van der Waals surface area contributed by atoms with Crippen molar-refractivity contribution in [1.29, 1.82) is 0 Å². The van der Waals surface area contributed by atoms with E-state index in [0.29, 0.717) is 36.4 Å². The van der Waals surface area contributed by atoms with Crippen molar-refractivity contribution in [1.82, 2.24) is 0 Å². The molecular weight excluding hydrogens is 280 g/mol. The lowest BCUT2D eigenvalue weighted by Crippen LogP contribution is -2.28. The number of benzene rings is 1. The molecule has 1 aromatic carbocycles. The molecule has 21 heavy (non-hydrogen) atoms. The van der Waals surface area contributed by atoms with Crippen LogP contribution in [0.4, 0.5) is 30.6 Å². The average Bonchev–Trinajstić information content (AvgIpc) is 2.38. The van der Waals surface area contributed by atoms with E-state index in [1.807, 2.05) is 0 Å². The summed E-state index contributed by atoms with van der Waals surface area (Å²) in [4.78, 5) is 10.5. The first-order chi connectivity index (χ1) is 9.85. The Morgan fingerprint density at radius 2 is 2.05 bits per heavy atom. The fourth-order valence-electron chi connectivity index (χ4n) is 2.48. The highest BCUT2D eigenvalue weighted by atomic mass is 19.3. The molecule has 1 saturated carbocycles. The smallest absolute Gasteiger partial charge is 0.409 e. The molecule has 7 heteroatoms. The fraction of sp³-hybridized carbons (Fsp3) is 0.500. The molecule has 1 aromatic rings. The van der Waals surface area contributed by atoms with Gasteiger partial charge in [-0.25, -0.2) is 13.6 Å². The monoisotopic (exact) mass is 299 g/mol. The van der Waals surface area contributed by atoms with Gasteiger partial charge in [-0.15, -0.1) is 0 Å². The van der Waals surface area contributed by atoms with Gasteiger partial charge in [-0.3, -0.25) is 5.32 Å². The maximum atomic E-state index is 13.1. The van der Waals surface area contributed by atoms with Crippen molar-refractivity contribution in [2.45, 2.75) is 31.6 Å². The molecule has 0 spiro atoms. The van der Waals surface area contributed by atoms with Crippen molar-refractivity contribution in [2.75, 3.05) is 22.9 Å². The second kappa shape index (κ2) is 6.15. The third-order valence-electron chi connectivity index (χ3n) is 3.72. The lowest BCUT2D eigenvalue weighted by molar-refractivity contribution is -0.0443. The van der Waals surface area contributed by atoms with Crippen molar-refractivity contribution in [3.63, 3.8) is 0 Å². The molecular formula is C14H19F2N3O2. The summed E-state index contributed by atoms with van der Waals surface area (Å²) in [6.07, 6.45) is -0.276. The van der Waals surface area contributed by atoms with Crippen LogP contribution < -0.4 is 16.4 Å². The summed E-state index contributed by atoms with van der Waals surface area (Å²) in [5, 5.41) is 14.0. The number of carboxylic acid groups (broad SMARTS) is 1. The zero-order chi connectivity index (χ0) is 15.5. The molecule has 0 saturated heterocycles. The third kappa shape index (κ3) is 4.47. The van der Waals surface area contributed by atoms with Gasteiger partial charge in [0.2, 0.25) is 5.92 Å². The van der Waals surface area contributed by atoms with Gasteiger partial charge >= 0.3 is 6.09 Å². The Morgan fingerprint density at radius 3 is 2.62 bits per heavy atom. The lowest BCUT2D eigenvalue weighted by atomic mass is 9.87. The standard InChI is InChI=1S/C14H19F2N3O2/c15-14(16)5-3-9(4-6-14)8-18-12-2-1-10(7-11(12)17)19-13(20)21/h1-2,7,9,18-19H,3-6,8,17H2,(H,20,21). The molecule has 1 fully saturated rings. The topological polar surface area (TPSA) is 87.4 Å². The second-order valence-corrected chi connectivity index (χ2v) is 5.41. The van der Waals surface area contributed by atoms with Gasteiger partial charge in [0, 0.05) is 25.1 Å². The van der Waals surface area contributed by atoms with Gasteiger partial charge in [-0.1, -0.05) is 0 Å². The summed E-state index contributed by atoms with van der Waals surface area (Å²) in [6.45, 7) is 0.589. The molecule has 5 N–H and O–H groups in total. The summed E-state index contributed by atoms with van der Waals surface area (Å²) in [5.74, 6) is -2.31. The normalized spacial score (nSPS) is 18.2. The summed E-state index contributed by atoms with van der Waals surface area (Å²) in [5.41, 5.74) is 7.33. The molecule has 1 aliphatic carbocycles. The van der Waals surface area contributed by atoms with Crippen LogP contribution in [0, 0.1) is 5.92 Å². The van der Waals surface area contributed by atoms with E-state index in [4.69, 9.17) is 10.8 Å². The van der Waals surface area contributed by atoms with Crippen LogP contribution in [-0.4, -0.2) is 23.7 Å². The van der Waals surface area contributed by atoms with Crippen LogP contribution in [-0.2, 0) is 0 Å². The largest absolute Gasteiger partial charge is 0.465 e. The van der Waals surface area contributed by atoms with Gasteiger partial charge < -0.3 is 16.2 Å². The summed E-state index contributed by atoms with van der Waals surface area (Å²) >= 11 is 0. The van der Waals surface area contributed by atoms with E-state index in [1.165, 1.54) is 6.07 Å². The molecule has 0 atom stereocenters. The number of halogens is 2. The zero-order valence-corrected chi connectivity index (χ0v) is 11.5. The molecule has 116 valence electrons. The van der Waals surface area contributed by atoms with E-state index in [9.17, 15) is 13.6 Å². The molecule has 5 nitrogen and oxygen atoms in total. The Balaban J connectivity index is 1.87. The summed E-state index contributed by atoms with van der Waals surface area (Å²) < 4.78 is 26.1. The van der Waals surface area contributed by atoms with Crippen LogP contribution in [0.2, 0.25) is 0 Å². The van der Waals surface area contributed by atoms with Crippen molar-refractivity contribution < 1.29 is 18.7 Å². The minimum Gasteiger partial charge on any atom is -0.465 e. The maximum absolute atomic E-state index is 13.1. The minimum atomic E-state index is -2.51. The maximum Gasteiger partial charge on any atom is 0.409 e. The fourth-order valence-corrected chi connectivity index (χ4v) is 2.48. The Morgan fingerprint density at radius 1 is 1.38 bits per heavy atom. The van der Waals surface area contributed by atoms with Crippen LogP contribution in [0.15, 0.2) is 18.2 Å². The molecule has 0 heterocycles. The SMILES string of the molecule is Nc1cc(NC(=O)O)ccc1NCC1CCC(F)(F)CC1. The highest BCUT2D eigenvalue weighted by molar-refractivity contribution is 5.85. The predicted octanol–water partition coefficient (Wildman–Crippen LogP) is 3.60. The molecule has 0 aromatic heterocycles. The van der Waals surface area contributed by atoms with Crippen molar-refractivity contribution in [3.05, 3.63) is 18.2 Å². The number of nitrogen functional groups attached to an aromatic ring is 1. The zero-order valence-electron chi connectivity index (χ0n) is 11.5. The highest BCUT2D eigenvalue weighted by Crippen LogP contribution is 2.36. The van der Waals surface area contributed by atoms with Crippen LogP contribution in [0.3, 0.4) is 0 Å². The number of anilines is 3. The highest BCUT2D eigenvalue weighted by Gasteiger charge is 2.34. The van der Waals surface area contributed by atoms with Gasteiger partial charge in [0.1, 0.15) is 0 Å². The van der Waals surface area contributed by atoms with Crippen molar-refractivity contribution in [2.24, 2.45) is 5.92 Å². The summed E-state index contributed by atoms with van der Waals surface area (Å²) in [6, 6.07) is 4.80. The summed E-state index contributed by atoms with van der Waals surface area (Å²) in [7, 11) is 0. The molecule has 0 radical (unpaired) electrons. The van der Waals surface area contributed by atoms with E-state index < -0.39 is 12.0 Å². The van der Waals surface area contributed by atoms with Gasteiger partial charge in [0.05, 0.1) is 11.4 Å². The molecule has 1 amide bonds. The van der Waals surface area contributed by atoms with Crippen LogP contribution in [0.25, 0.3) is 0 Å².